The number of hydrogen-bond donors (Lipinski definition) is 1. The zero-order valence-electron chi connectivity index (χ0n) is 16.3. The molecule has 0 aliphatic carbocycles. The minimum atomic E-state index is -0.949. The molecule has 29 heavy (non-hydrogen) atoms. The van der Waals surface area contributed by atoms with Crippen molar-refractivity contribution in [3.05, 3.63) is 59.2 Å². The van der Waals surface area contributed by atoms with Gasteiger partial charge in [-0.2, -0.15) is 0 Å². The Hall–Kier alpha value is -3.42. The quantitative estimate of drug-likeness (QED) is 0.345. The molecule has 2 N–H and O–H groups in total. The first-order valence-corrected chi connectivity index (χ1v) is 8.68. The van der Waals surface area contributed by atoms with Crippen LogP contribution in [0.5, 0.6) is 0 Å². The second-order valence-electron chi connectivity index (χ2n) is 7.14. The molecule has 8 heteroatoms. The second kappa shape index (κ2) is 9.18. The van der Waals surface area contributed by atoms with Gasteiger partial charge in [0.2, 0.25) is 0 Å². The number of aldehydes is 1. The molecule has 0 heterocycles. The molecular weight excluding hydrogens is 380 g/mol. The average molecular weight is 401 g/mol. The number of nitrogens with two attached hydrogens (primary N) is 1. The molecule has 2 aromatic carbocycles. The third kappa shape index (κ3) is 5.54. The molecule has 0 spiro atoms. The molecule has 2 aromatic rings. The van der Waals surface area contributed by atoms with Crippen molar-refractivity contribution in [1.82, 2.24) is 0 Å². The van der Waals surface area contributed by atoms with E-state index in [1.54, 1.807) is 45.0 Å². The monoisotopic (exact) mass is 401 g/mol. The van der Waals surface area contributed by atoms with E-state index in [1.165, 1.54) is 6.07 Å². The summed E-state index contributed by atoms with van der Waals surface area (Å²) in [7, 11) is 0. The SMILES string of the molecule is CC(C)(C)C(=O)OC/N=C/N=C(N)c1cccc(-c2ccc(F)c(C=O)c2F)c1. The lowest BCUT2D eigenvalue weighted by Gasteiger charge is -2.14. The lowest BCUT2D eigenvalue weighted by Crippen LogP contribution is -2.22. The zero-order valence-corrected chi connectivity index (χ0v) is 16.3. The molecule has 6 nitrogen and oxygen atoms in total. The number of carbonyl (C=O) groups is 2. The van der Waals surface area contributed by atoms with Gasteiger partial charge >= 0.3 is 5.97 Å². The topological polar surface area (TPSA) is 94.1 Å². The van der Waals surface area contributed by atoms with E-state index in [2.05, 4.69) is 9.98 Å². The maximum absolute atomic E-state index is 14.4. The molecule has 2 rings (SSSR count). The second-order valence-corrected chi connectivity index (χ2v) is 7.14. The van der Waals surface area contributed by atoms with E-state index in [9.17, 15) is 18.4 Å². The lowest BCUT2D eigenvalue weighted by molar-refractivity contribution is -0.152. The molecule has 0 aliphatic rings. The number of nitrogens with zero attached hydrogens (tertiary/aromatic N) is 2. The van der Waals surface area contributed by atoms with Crippen molar-refractivity contribution in [3.63, 3.8) is 0 Å². The van der Waals surface area contributed by atoms with Crippen molar-refractivity contribution in [2.45, 2.75) is 20.8 Å². The minimum Gasteiger partial charge on any atom is -0.442 e. The van der Waals surface area contributed by atoms with Crippen LogP contribution in [0.3, 0.4) is 0 Å². The number of ether oxygens (including phenoxy) is 1. The molecule has 0 amide bonds. The van der Waals surface area contributed by atoms with Gasteiger partial charge in [-0.15, -0.1) is 0 Å². The average Bonchev–Trinajstić information content (AvgIpc) is 2.67. The molecule has 0 saturated carbocycles. The van der Waals surface area contributed by atoms with Crippen LogP contribution >= 0.6 is 0 Å². The number of hydrogen-bond acceptors (Lipinski definition) is 4. The van der Waals surface area contributed by atoms with Gasteiger partial charge in [0.05, 0.1) is 11.0 Å². The molecule has 0 aliphatic heterocycles. The first kappa shape index (κ1) is 21.9. The van der Waals surface area contributed by atoms with E-state index in [-0.39, 0.29) is 24.4 Å². The number of amidine groups is 1. The van der Waals surface area contributed by atoms with Gasteiger partial charge in [-0.05, 0) is 44.5 Å². The summed E-state index contributed by atoms with van der Waals surface area (Å²) < 4.78 is 32.9. The van der Waals surface area contributed by atoms with E-state index in [4.69, 9.17) is 10.5 Å². The Morgan fingerprint density at radius 1 is 1.21 bits per heavy atom. The summed E-state index contributed by atoms with van der Waals surface area (Å²) in [4.78, 5) is 30.3. The molecule has 0 atom stereocenters. The first-order chi connectivity index (χ1) is 13.6. The summed E-state index contributed by atoms with van der Waals surface area (Å²) in [6.45, 7) is 4.99. The smallest absolute Gasteiger partial charge is 0.313 e. The predicted molar refractivity (Wildman–Crippen MR) is 107 cm³/mol. The van der Waals surface area contributed by atoms with Gasteiger partial charge in [0.1, 0.15) is 23.8 Å². The number of rotatable bonds is 6. The van der Waals surface area contributed by atoms with Crippen molar-refractivity contribution >= 4 is 24.4 Å². The summed E-state index contributed by atoms with van der Waals surface area (Å²) in [5, 5.41) is 0. The van der Waals surface area contributed by atoms with Crippen LogP contribution in [-0.4, -0.2) is 31.2 Å². The molecule has 0 saturated heterocycles. The van der Waals surface area contributed by atoms with Gasteiger partial charge in [0, 0.05) is 11.1 Å². The molecule has 0 unspecified atom stereocenters. The van der Waals surface area contributed by atoms with E-state index < -0.39 is 28.6 Å². The zero-order chi connectivity index (χ0) is 21.6. The number of carbonyl (C=O) groups excluding carboxylic acids is 2. The van der Waals surface area contributed by atoms with Crippen LogP contribution in [0.4, 0.5) is 8.78 Å². The van der Waals surface area contributed by atoms with Crippen LogP contribution in [0.25, 0.3) is 11.1 Å². The van der Waals surface area contributed by atoms with Crippen LogP contribution in [0, 0.1) is 17.0 Å². The summed E-state index contributed by atoms with van der Waals surface area (Å²) in [5.41, 5.74) is 5.58. The fourth-order valence-corrected chi connectivity index (χ4v) is 2.27. The maximum atomic E-state index is 14.4. The summed E-state index contributed by atoms with van der Waals surface area (Å²) >= 11 is 0. The van der Waals surface area contributed by atoms with Gasteiger partial charge < -0.3 is 10.5 Å². The Labute approximate surface area is 167 Å². The normalized spacial score (nSPS) is 12.2. The van der Waals surface area contributed by atoms with Gasteiger partial charge in [-0.25, -0.2) is 18.8 Å². The highest BCUT2D eigenvalue weighted by atomic mass is 19.1. The number of benzene rings is 2. The van der Waals surface area contributed by atoms with Crippen LogP contribution in [0.2, 0.25) is 0 Å². The lowest BCUT2D eigenvalue weighted by atomic mass is 9.98. The maximum Gasteiger partial charge on any atom is 0.313 e. The Morgan fingerprint density at radius 3 is 2.59 bits per heavy atom. The van der Waals surface area contributed by atoms with Crippen molar-refractivity contribution in [2.75, 3.05) is 6.73 Å². The third-order valence-electron chi connectivity index (χ3n) is 3.87. The minimum absolute atomic E-state index is 0.0610. The molecule has 0 fully saturated rings. The van der Waals surface area contributed by atoms with Crippen molar-refractivity contribution < 1.29 is 23.1 Å². The van der Waals surface area contributed by atoms with E-state index in [1.807, 2.05) is 0 Å². The first-order valence-electron chi connectivity index (χ1n) is 8.68. The Kier molecular flexibility index (Phi) is 6.93. The fraction of sp³-hybridized carbons (Fsp3) is 0.238. The largest absolute Gasteiger partial charge is 0.442 e. The van der Waals surface area contributed by atoms with Gasteiger partial charge in [-0.1, -0.05) is 18.2 Å². The highest BCUT2D eigenvalue weighted by Gasteiger charge is 2.22. The number of halogens is 2. The highest BCUT2D eigenvalue weighted by Crippen LogP contribution is 2.26. The Balaban J connectivity index is 2.17. The van der Waals surface area contributed by atoms with Crippen molar-refractivity contribution in [2.24, 2.45) is 21.1 Å². The van der Waals surface area contributed by atoms with Crippen molar-refractivity contribution in [1.29, 1.82) is 0 Å². The molecule has 0 radical (unpaired) electrons. The Bertz CT molecular complexity index is 980. The van der Waals surface area contributed by atoms with Crippen LogP contribution in [0.15, 0.2) is 46.4 Å². The van der Waals surface area contributed by atoms with Gasteiger partial charge in [0.15, 0.2) is 13.0 Å². The van der Waals surface area contributed by atoms with Crippen LogP contribution < -0.4 is 5.73 Å². The Morgan fingerprint density at radius 2 is 1.93 bits per heavy atom. The summed E-state index contributed by atoms with van der Waals surface area (Å²) in [5.74, 6) is -2.18. The van der Waals surface area contributed by atoms with E-state index >= 15 is 0 Å². The molecule has 152 valence electrons. The summed E-state index contributed by atoms with van der Waals surface area (Å²) in [6.07, 6.45) is 1.29. The number of aliphatic imine (C=N–C) groups is 2. The van der Waals surface area contributed by atoms with Crippen LogP contribution in [-0.2, 0) is 9.53 Å². The summed E-state index contributed by atoms with van der Waals surface area (Å²) in [6, 6.07) is 8.70. The number of esters is 1. The van der Waals surface area contributed by atoms with Crippen LogP contribution in [0.1, 0.15) is 36.7 Å². The van der Waals surface area contributed by atoms with Gasteiger partial charge in [-0.3, -0.25) is 9.59 Å². The fourth-order valence-electron chi connectivity index (χ4n) is 2.27. The van der Waals surface area contributed by atoms with Crippen molar-refractivity contribution in [3.8, 4) is 11.1 Å². The molecule has 0 aromatic heterocycles. The standard InChI is InChI=1S/C21H21F2N3O3/c1-21(2,3)20(28)29-12-25-11-26-19(24)14-6-4-5-13(9-14)15-7-8-17(22)16(10-27)18(15)23/h4-11H,12H2,1-3H3,(H2,24,25,26). The van der Waals surface area contributed by atoms with Gasteiger partial charge in [0.25, 0.3) is 0 Å². The van der Waals surface area contributed by atoms with E-state index in [0.717, 1.165) is 12.4 Å². The van der Waals surface area contributed by atoms with E-state index in [0.29, 0.717) is 11.1 Å². The third-order valence-corrected chi connectivity index (χ3v) is 3.87. The highest BCUT2D eigenvalue weighted by molar-refractivity contribution is 6.02. The molecular formula is C21H21F2N3O3. The predicted octanol–water partition coefficient (Wildman–Crippen LogP) is 3.72. The molecule has 0 bridgehead atoms.